The normalized spacial score (nSPS) is 17.5. The Morgan fingerprint density at radius 3 is 2.68 bits per heavy atom. The summed E-state index contributed by atoms with van der Waals surface area (Å²) in [6.45, 7) is 5.22. The molecule has 134 valence electrons. The van der Waals surface area contributed by atoms with Gasteiger partial charge < -0.3 is 10.2 Å². The quantitative estimate of drug-likeness (QED) is 0.867. The van der Waals surface area contributed by atoms with Gasteiger partial charge in [0.2, 0.25) is 5.91 Å². The maximum absolute atomic E-state index is 12.2. The lowest BCUT2D eigenvalue weighted by molar-refractivity contribution is -0.122. The van der Waals surface area contributed by atoms with E-state index in [2.05, 4.69) is 66.7 Å². The highest BCUT2D eigenvalue weighted by Crippen LogP contribution is 2.22. The van der Waals surface area contributed by atoms with Crippen molar-refractivity contribution in [2.75, 3.05) is 26.7 Å². The number of nitrogens with one attached hydrogen (secondary N) is 1. The molecule has 1 aliphatic rings. The number of rotatable bonds is 6. The molecule has 1 amide bonds. The number of carbonyl (C=O) groups is 1. The highest BCUT2D eigenvalue weighted by Gasteiger charge is 2.19. The molecule has 1 N–H and O–H groups in total. The number of carbonyl (C=O) groups excluding carboxylic acids is 1. The summed E-state index contributed by atoms with van der Waals surface area (Å²) in [6, 6.07) is 15.0. The van der Waals surface area contributed by atoms with Crippen LogP contribution in [0.25, 0.3) is 10.8 Å². The van der Waals surface area contributed by atoms with Gasteiger partial charge in [0.25, 0.3) is 0 Å². The number of hydrogen-bond donors (Lipinski definition) is 1. The summed E-state index contributed by atoms with van der Waals surface area (Å²) >= 11 is 0. The van der Waals surface area contributed by atoms with E-state index in [0.717, 1.165) is 38.9 Å². The maximum Gasteiger partial charge on any atom is 0.220 e. The second-order valence-corrected chi connectivity index (χ2v) is 7.70. The number of likely N-dealkylation sites (tertiary alicyclic amines) is 1. The Labute approximate surface area is 151 Å². The Morgan fingerprint density at radius 1 is 1.16 bits per heavy atom. The van der Waals surface area contributed by atoms with E-state index in [4.69, 9.17) is 0 Å². The van der Waals surface area contributed by atoms with Crippen molar-refractivity contribution in [3.05, 3.63) is 48.0 Å². The van der Waals surface area contributed by atoms with Crippen LogP contribution in [-0.4, -0.2) is 37.5 Å². The van der Waals surface area contributed by atoms with Crippen LogP contribution in [0.1, 0.15) is 31.7 Å². The van der Waals surface area contributed by atoms with Crippen LogP contribution in [-0.2, 0) is 11.2 Å². The van der Waals surface area contributed by atoms with Gasteiger partial charge in [-0.3, -0.25) is 4.79 Å². The predicted molar refractivity (Wildman–Crippen MR) is 105 cm³/mol. The fourth-order valence-corrected chi connectivity index (χ4v) is 3.81. The van der Waals surface area contributed by atoms with Crippen molar-refractivity contribution in [1.29, 1.82) is 0 Å². The third-order valence-electron chi connectivity index (χ3n) is 5.41. The van der Waals surface area contributed by atoms with Crippen LogP contribution in [0.2, 0.25) is 0 Å². The number of amides is 1. The van der Waals surface area contributed by atoms with Crippen molar-refractivity contribution in [2.45, 2.75) is 32.6 Å². The first-order valence-corrected chi connectivity index (χ1v) is 9.53. The third-order valence-corrected chi connectivity index (χ3v) is 5.41. The second kappa shape index (κ2) is 8.48. The Balaban J connectivity index is 1.47. The van der Waals surface area contributed by atoms with Gasteiger partial charge >= 0.3 is 0 Å². The van der Waals surface area contributed by atoms with E-state index in [9.17, 15) is 4.79 Å². The van der Waals surface area contributed by atoms with Gasteiger partial charge in [0.15, 0.2) is 0 Å². The second-order valence-electron chi connectivity index (χ2n) is 7.70. The minimum atomic E-state index is 0.222. The number of piperidine rings is 1. The van der Waals surface area contributed by atoms with Crippen LogP contribution in [0.5, 0.6) is 0 Å². The van der Waals surface area contributed by atoms with Crippen molar-refractivity contribution in [3.8, 4) is 0 Å². The summed E-state index contributed by atoms with van der Waals surface area (Å²) in [5, 5.41) is 5.78. The molecule has 0 aromatic heterocycles. The smallest absolute Gasteiger partial charge is 0.220 e. The van der Waals surface area contributed by atoms with Crippen LogP contribution in [0.3, 0.4) is 0 Å². The van der Waals surface area contributed by atoms with Gasteiger partial charge in [-0.05, 0) is 67.6 Å². The van der Waals surface area contributed by atoms with Gasteiger partial charge in [0.05, 0.1) is 0 Å². The standard InChI is InChI=1S/C22H30N2O/c1-17(14-20-8-5-7-19-6-3-4-9-21(19)20)16-23-22(25)15-18-10-12-24(2)13-11-18/h3-9,17-18H,10-16H2,1-2H3,(H,23,25). The Bertz CT molecular complexity index is 699. The van der Waals surface area contributed by atoms with Gasteiger partial charge in [-0.2, -0.15) is 0 Å². The van der Waals surface area contributed by atoms with Crippen LogP contribution in [0.15, 0.2) is 42.5 Å². The molecule has 1 unspecified atom stereocenters. The molecule has 0 saturated carbocycles. The molecule has 2 aromatic carbocycles. The zero-order chi connectivity index (χ0) is 17.6. The summed E-state index contributed by atoms with van der Waals surface area (Å²) in [5.74, 6) is 1.22. The van der Waals surface area contributed by atoms with Gasteiger partial charge in [0, 0.05) is 13.0 Å². The summed E-state index contributed by atoms with van der Waals surface area (Å²) < 4.78 is 0. The number of hydrogen-bond acceptors (Lipinski definition) is 2. The van der Waals surface area contributed by atoms with E-state index in [-0.39, 0.29) is 5.91 Å². The SMILES string of the molecule is CC(CNC(=O)CC1CCN(C)CC1)Cc1cccc2ccccc12. The first-order valence-electron chi connectivity index (χ1n) is 9.53. The number of benzene rings is 2. The lowest BCUT2D eigenvalue weighted by Gasteiger charge is -2.28. The highest BCUT2D eigenvalue weighted by atomic mass is 16.1. The Morgan fingerprint density at radius 2 is 1.88 bits per heavy atom. The van der Waals surface area contributed by atoms with Crippen molar-refractivity contribution >= 4 is 16.7 Å². The van der Waals surface area contributed by atoms with E-state index in [0.29, 0.717) is 18.3 Å². The summed E-state index contributed by atoms with van der Waals surface area (Å²) in [6.07, 6.45) is 3.98. The Hall–Kier alpha value is -1.87. The van der Waals surface area contributed by atoms with E-state index in [1.54, 1.807) is 0 Å². The molecule has 25 heavy (non-hydrogen) atoms. The van der Waals surface area contributed by atoms with Gasteiger partial charge in [-0.1, -0.05) is 49.4 Å². The zero-order valence-electron chi connectivity index (χ0n) is 15.5. The van der Waals surface area contributed by atoms with E-state index >= 15 is 0 Å². The average molecular weight is 338 g/mol. The number of nitrogens with zero attached hydrogens (tertiary/aromatic N) is 1. The third kappa shape index (κ3) is 5.05. The average Bonchev–Trinajstić information content (AvgIpc) is 2.62. The molecular formula is C22H30N2O. The van der Waals surface area contributed by atoms with Gasteiger partial charge in [-0.15, -0.1) is 0 Å². The van der Waals surface area contributed by atoms with Gasteiger partial charge in [0.1, 0.15) is 0 Å². The van der Waals surface area contributed by atoms with Crippen LogP contribution < -0.4 is 5.32 Å². The van der Waals surface area contributed by atoms with E-state index < -0.39 is 0 Å². The molecule has 3 nitrogen and oxygen atoms in total. The summed E-state index contributed by atoms with van der Waals surface area (Å²) in [4.78, 5) is 14.6. The molecule has 0 bridgehead atoms. The number of fused-ring (bicyclic) bond motifs is 1. The molecule has 1 fully saturated rings. The fourth-order valence-electron chi connectivity index (χ4n) is 3.81. The molecule has 3 rings (SSSR count). The Kier molecular flexibility index (Phi) is 6.09. The molecule has 1 aliphatic heterocycles. The lowest BCUT2D eigenvalue weighted by atomic mass is 9.93. The lowest BCUT2D eigenvalue weighted by Crippen LogP contribution is -2.35. The molecular weight excluding hydrogens is 308 g/mol. The summed E-state index contributed by atoms with van der Waals surface area (Å²) in [7, 11) is 2.16. The molecule has 0 spiro atoms. The molecule has 0 radical (unpaired) electrons. The first-order chi connectivity index (χ1) is 12.1. The maximum atomic E-state index is 12.2. The monoisotopic (exact) mass is 338 g/mol. The topological polar surface area (TPSA) is 32.3 Å². The summed E-state index contributed by atoms with van der Waals surface area (Å²) in [5.41, 5.74) is 1.37. The molecule has 1 heterocycles. The van der Waals surface area contributed by atoms with Crippen molar-refractivity contribution in [2.24, 2.45) is 11.8 Å². The van der Waals surface area contributed by atoms with Crippen molar-refractivity contribution in [1.82, 2.24) is 10.2 Å². The van der Waals surface area contributed by atoms with Crippen molar-refractivity contribution in [3.63, 3.8) is 0 Å². The molecule has 0 aliphatic carbocycles. The van der Waals surface area contributed by atoms with Crippen LogP contribution in [0, 0.1) is 11.8 Å². The van der Waals surface area contributed by atoms with Gasteiger partial charge in [-0.25, -0.2) is 0 Å². The molecule has 1 saturated heterocycles. The van der Waals surface area contributed by atoms with Crippen LogP contribution >= 0.6 is 0 Å². The van der Waals surface area contributed by atoms with Crippen molar-refractivity contribution < 1.29 is 4.79 Å². The molecule has 3 heteroatoms. The minimum absolute atomic E-state index is 0.222. The van der Waals surface area contributed by atoms with E-state index in [1.807, 2.05) is 0 Å². The minimum Gasteiger partial charge on any atom is -0.356 e. The fraction of sp³-hybridized carbons (Fsp3) is 0.500. The highest BCUT2D eigenvalue weighted by molar-refractivity contribution is 5.85. The van der Waals surface area contributed by atoms with E-state index in [1.165, 1.54) is 16.3 Å². The molecule has 2 aromatic rings. The largest absolute Gasteiger partial charge is 0.356 e. The van der Waals surface area contributed by atoms with Crippen LogP contribution in [0.4, 0.5) is 0 Å². The molecule has 1 atom stereocenters. The first kappa shape index (κ1) is 17.9. The zero-order valence-corrected chi connectivity index (χ0v) is 15.5. The predicted octanol–water partition coefficient (Wildman–Crippen LogP) is 3.87.